The first-order chi connectivity index (χ1) is 9.15. The van der Waals surface area contributed by atoms with Crippen LogP contribution in [0.5, 0.6) is 0 Å². The third kappa shape index (κ3) is 2.81. The Kier molecular flexibility index (Phi) is 3.94. The molecule has 0 radical (unpaired) electrons. The lowest BCUT2D eigenvalue weighted by Crippen LogP contribution is -2.08. The molecule has 0 N–H and O–H groups in total. The summed E-state index contributed by atoms with van der Waals surface area (Å²) < 4.78 is 10.8. The van der Waals surface area contributed by atoms with Gasteiger partial charge in [-0.3, -0.25) is 4.57 Å². The average Bonchev–Trinajstić information content (AvgIpc) is 2.46. The lowest BCUT2D eigenvalue weighted by atomic mass is 9.99. The fraction of sp³-hybridized carbons (Fsp3) is 0.133. The Labute approximate surface area is 114 Å². The minimum Gasteiger partial charge on any atom is -0.378 e. The van der Waals surface area contributed by atoms with Gasteiger partial charge < -0.3 is 4.90 Å². The van der Waals surface area contributed by atoms with Crippen LogP contribution in [0.3, 0.4) is 0 Å². The Morgan fingerprint density at radius 3 is 2.32 bits per heavy atom. The molecule has 0 unspecified atom stereocenters. The molecule has 2 rings (SSSR count). The number of hydrogen-bond donors (Lipinski definition) is 0. The summed E-state index contributed by atoms with van der Waals surface area (Å²) in [6.45, 7) is 0. The van der Waals surface area contributed by atoms with E-state index >= 15 is 0 Å². The van der Waals surface area contributed by atoms with Gasteiger partial charge in [0.15, 0.2) is 8.46 Å². The van der Waals surface area contributed by atoms with Crippen LogP contribution >= 0.6 is 8.46 Å². The topological polar surface area (TPSA) is 44.1 Å². The predicted octanol–water partition coefficient (Wildman–Crippen LogP) is 3.21. The smallest absolute Gasteiger partial charge is 0.192 e. The Balaban J connectivity index is 2.55. The molecule has 0 aliphatic heterocycles. The molecule has 0 saturated carbocycles. The van der Waals surface area contributed by atoms with Gasteiger partial charge >= 0.3 is 0 Å². The molecule has 2 aromatic rings. The number of anilines is 1. The number of nitrogens with zero attached hydrogens (tertiary/aromatic N) is 2. The first kappa shape index (κ1) is 13.3. The number of hydrogen-bond acceptors (Lipinski definition) is 3. The maximum absolute atomic E-state index is 10.8. The first-order valence-corrected chi connectivity index (χ1v) is 6.62. The van der Waals surface area contributed by atoms with Crippen molar-refractivity contribution in [2.45, 2.75) is 0 Å². The summed E-state index contributed by atoms with van der Waals surface area (Å²) in [6.07, 6.45) is 0. The van der Waals surface area contributed by atoms with E-state index in [-0.39, 0.29) is 8.46 Å². The summed E-state index contributed by atoms with van der Waals surface area (Å²) >= 11 is 0. The van der Waals surface area contributed by atoms with E-state index in [0.29, 0.717) is 5.56 Å². The minimum absolute atomic E-state index is 0.00974. The van der Waals surface area contributed by atoms with Gasteiger partial charge in [0, 0.05) is 30.7 Å². The van der Waals surface area contributed by atoms with E-state index in [1.165, 1.54) is 0 Å². The second kappa shape index (κ2) is 5.65. The van der Waals surface area contributed by atoms with E-state index in [2.05, 4.69) is 6.07 Å². The van der Waals surface area contributed by atoms with Gasteiger partial charge in [-0.1, -0.05) is 12.1 Å². The van der Waals surface area contributed by atoms with Crippen molar-refractivity contribution in [1.29, 1.82) is 5.26 Å². The van der Waals surface area contributed by atoms with Crippen molar-refractivity contribution < 1.29 is 4.57 Å². The number of nitriles is 1. The molecule has 19 heavy (non-hydrogen) atoms. The van der Waals surface area contributed by atoms with Crippen molar-refractivity contribution in [3.63, 3.8) is 0 Å². The van der Waals surface area contributed by atoms with E-state index < -0.39 is 0 Å². The van der Waals surface area contributed by atoms with Crippen LogP contribution in [0, 0.1) is 11.3 Å². The molecular weight excluding hydrogens is 255 g/mol. The zero-order valence-electron chi connectivity index (χ0n) is 10.8. The molecule has 0 aliphatic rings. The van der Waals surface area contributed by atoms with Crippen LogP contribution in [0.25, 0.3) is 11.1 Å². The molecule has 4 heteroatoms. The fourth-order valence-electron chi connectivity index (χ4n) is 1.85. The van der Waals surface area contributed by atoms with Gasteiger partial charge in [-0.25, -0.2) is 0 Å². The fourth-order valence-corrected chi connectivity index (χ4v) is 2.12. The molecule has 0 aliphatic carbocycles. The standard InChI is InChI=1S/C15H13N2OP/c1-17(2)13-6-3-12(10-16)15(9-13)11-4-7-14(19-18)8-5-11/h3-9H,1-2H3. The number of rotatable bonds is 3. The van der Waals surface area contributed by atoms with Crippen molar-refractivity contribution in [3.05, 3.63) is 48.0 Å². The molecule has 0 spiro atoms. The van der Waals surface area contributed by atoms with E-state index in [1.54, 1.807) is 12.1 Å². The van der Waals surface area contributed by atoms with Crippen molar-refractivity contribution in [3.8, 4) is 17.2 Å². The molecule has 3 nitrogen and oxygen atoms in total. The van der Waals surface area contributed by atoms with Crippen LogP contribution < -0.4 is 10.2 Å². The summed E-state index contributed by atoms with van der Waals surface area (Å²) in [5.74, 6) is 0. The van der Waals surface area contributed by atoms with Crippen molar-refractivity contribution in [2.24, 2.45) is 0 Å². The van der Waals surface area contributed by atoms with Crippen LogP contribution in [-0.4, -0.2) is 14.1 Å². The predicted molar refractivity (Wildman–Crippen MR) is 78.2 cm³/mol. The number of benzene rings is 2. The monoisotopic (exact) mass is 268 g/mol. The van der Waals surface area contributed by atoms with Gasteiger partial charge in [-0.2, -0.15) is 5.26 Å². The Morgan fingerprint density at radius 2 is 1.79 bits per heavy atom. The van der Waals surface area contributed by atoms with Crippen LogP contribution in [0.2, 0.25) is 0 Å². The molecule has 0 aromatic heterocycles. The van der Waals surface area contributed by atoms with Crippen molar-refractivity contribution in [2.75, 3.05) is 19.0 Å². The summed E-state index contributed by atoms with van der Waals surface area (Å²) in [4.78, 5) is 2.00. The molecule has 0 bridgehead atoms. The maximum Gasteiger partial charge on any atom is 0.192 e. The maximum atomic E-state index is 10.8. The average molecular weight is 268 g/mol. The summed E-state index contributed by atoms with van der Waals surface area (Å²) in [5, 5.41) is 9.92. The molecule has 0 heterocycles. The molecule has 0 amide bonds. The third-order valence-corrected chi connectivity index (χ3v) is 3.43. The Bertz CT molecular complexity index is 642. The van der Waals surface area contributed by atoms with Crippen molar-refractivity contribution in [1.82, 2.24) is 0 Å². The van der Waals surface area contributed by atoms with E-state index in [4.69, 9.17) is 0 Å². The van der Waals surface area contributed by atoms with Crippen LogP contribution in [0.15, 0.2) is 42.5 Å². The van der Waals surface area contributed by atoms with Crippen molar-refractivity contribution >= 4 is 19.5 Å². The van der Waals surface area contributed by atoms with Gasteiger partial charge in [0.1, 0.15) is 0 Å². The zero-order chi connectivity index (χ0) is 13.8. The Morgan fingerprint density at radius 1 is 1.11 bits per heavy atom. The summed E-state index contributed by atoms with van der Waals surface area (Å²) in [7, 11) is 3.94. The van der Waals surface area contributed by atoms with E-state index in [1.807, 2.05) is 49.3 Å². The van der Waals surface area contributed by atoms with Gasteiger partial charge in [0.25, 0.3) is 0 Å². The minimum atomic E-state index is 0.00974. The first-order valence-electron chi connectivity index (χ1n) is 5.81. The van der Waals surface area contributed by atoms with E-state index in [9.17, 15) is 9.83 Å². The van der Waals surface area contributed by atoms with E-state index in [0.717, 1.165) is 22.1 Å². The Hall–Kier alpha value is -2.17. The second-order valence-electron chi connectivity index (χ2n) is 4.37. The zero-order valence-corrected chi connectivity index (χ0v) is 11.7. The summed E-state index contributed by atoms with van der Waals surface area (Å²) in [5.41, 5.74) is 3.52. The largest absolute Gasteiger partial charge is 0.378 e. The van der Waals surface area contributed by atoms with Gasteiger partial charge in [0.05, 0.1) is 11.6 Å². The third-order valence-electron chi connectivity index (χ3n) is 2.92. The lowest BCUT2D eigenvalue weighted by Gasteiger charge is -2.14. The van der Waals surface area contributed by atoms with Crippen LogP contribution in [0.4, 0.5) is 5.69 Å². The molecule has 0 saturated heterocycles. The van der Waals surface area contributed by atoms with Gasteiger partial charge in [-0.15, -0.1) is 0 Å². The highest BCUT2D eigenvalue weighted by atomic mass is 31.1. The molecule has 0 fully saturated rings. The molecule has 0 atom stereocenters. The van der Waals surface area contributed by atoms with Gasteiger partial charge in [-0.05, 0) is 35.9 Å². The highest BCUT2D eigenvalue weighted by Crippen LogP contribution is 2.27. The highest BCUT2D eigenvalue weighted by Gasteiger charge is 2.07. The SMILES string of the molecule is CN(C)c1ccc(C#N)c(-c2ccc(P=O)cc2)c1. The molecular formula is C15H13N2OP. The normalized spacial score (nSPS) is 10.2. The summed E-state index contributed by atoms with van der Waals surface area (Å²) in [6, 6.07) is 15.3. The highest BCUT2D eigenvalue weighted by molar-refractivity contribution is 7.34. The second-order valence-corrected chi connectivity index (χ2v) is 5.07. The van der Waals surface area contributed by atoms with Gasteiger partial charge in [0.2, 0.25) is 0 Å². The quantitative estimate of drug-likeness (QED) is 0.803. The van der Waals surface area contributed by atoms with Crippen LogP contribution in [0.1, 0.15) is 5.56 Å². The molecule has 2 aromatic carbocycles. The lowest BCUT2D eigenvalue weighted by molar-refractivity contribution is 0.603. The van der Waals surface area contributed by atoms with Crippen LogP contribution in [-0.2, 0) is 4.57 Å². The molecule has 94 valence electrons.